The van der Waals surface area contributed by atoms with Crippen molar-refractivity contribution in [2.45, 2.75) is 43.6 Å². The number of ether oxygens (including phenoxy) is 4. The van der Waals surface area contributed by atoms with Gasteiger partial charge in [-0.2, -0.15) is 0 Å². The molecule has 302 valence electrons. The number of amides is 3. The largest absolute Gasteiger partial charge is 0.493 e. The quantitative estimate of drug-likeness (QED) is 0.222. The van der Waals surface area contributed by atoms with Crippen molar-refractivity contribution in [3.05, 3.63) is 81.6 Å². The molecule has 0 radical (unpaired) electrons. The smallest absolute Gasteiger partial charge is 0.320 e. The van der Waals surface area contributed by atoms with Crippen molar-refractivity contribution in [3.8, 4) is 17.2 Å². The van der Waals surface area contributed by atoms with Crippen molar-refractivity contribution < 1.29 is 33.3 Å². The van der Waals surface area contributed by atoms with Gasteiger partial charge in [0.25, 0.3) is 5.91 Å². The summed E-state index contributed by atoms with van der Waals surface area (Å²) in [6.45, 7) is 7.99. The fourth-order valence-corrected chi connectivity index (χ4v) is 8.59. The summed E-state index contributed by atoms with van der Waals surface area (Å²) in [6, 6.07) is 13.0. The number of piperazine rings is 1. The van der Waals surface area contributed by atoms with Gasteiger partial charge < -0.3 is 39.0 Å². The summed E-state index contributed by atoms with van der Waals surface area (Å²) in [5.74, 6) is 0.897. The Morgan fingerprint density at radius 1 is 0.804 bits per heavy atom. The number of nitrogens with one attached hydrogen (secondary N) is 1. The molecule has 4 heterocycles. The maximum Gasteiger partial charge on any atom is 0.320 e. The first-order valence-electron chi connectivity index (χ1n) is 19.2. The number of nitrogens with zero attached hydrogens (tertiary/aromatic N) is 5. The molecular formula is C41H52Cl2N6O7. The molecule has 3 aromatic rings. The number of carbonyl (C=O) groups is 3. The molecule has 1 aromatic heterocycles. The van der Waals surface area contributed by atoms with Gasteiger partial charge in [0.15, 0.2) is 11.5 Å². The minimum atomic E-state index is -0.581. The van der Waals surface area contributed by atoms with Gasteiger partial charge in [0.05, 0.1) is 50.1 Å². The Balaban J connectivity index is 1.15. The van der Waals surface area contributed by atoms with Crippen LogP contribution in [0, 0.1) is 0 Å². The highest BCUT2D eigenvalue weighted by atomic mass is 35.5. The summed E-state index contributed by atoms with van der Waals surface area (Å²) in [7, 11) is 4.60. The molecule has 13 nitrogen and oxygen atoms in total. The summed E-state index contributed by atoms with van der Waals surface area (Å²) in [6.07, 6.45) is 6.54. The summed E-state index contributed by atoms with van der Waals surface area (Å²) in [5.41, 5.74) is 1.53. The van der Waals surface area contributed by atoms with Gasteiger partial charge in [0.1, 0.15) is 0 Å². The molecule has 0 spiro atoms. The van der Waals surface area contributed by atoms with Crippen LogP contribution in [0.15, 0.2) is 54.9 Å². The Labute approximate surface area is 339 Å². The molecule has 3 fully saturated rings. The molecule has 0 aliphatic carbocycles. The van der Waals surface area contributed by atoms with Crippen LogP contribution in [-0.2, 0) is 20.5 Å². The number of hydrogen-bond acceptors (Lipinski definition) is 10. The van der Waals surface area contributed by atoms with Crippen LogP contribution in [-0.4, -0.2) is 136 Å². The first kappa shape index (κ1) is 41.3. The number of hydrogen-bond donors (Lipinski definition) is 1. The summed E-state index contributed by atoms with van der Waals surface area (Å²) in [4.78, 5) is 52.5. The Morgan fingerprint density at radius 2 is 1.52 bits per heavy atom. The molecule has 3 amide bonds. The molecule has 1 atom stereocenters. The molecule has 15 heteroatoms. The van der Waals surface area contributed by atoms with Gasteiger partial charge >= 0.3 is 12.0 Å². The maximum absolute atomic E-state index is 14.1. The highest BCUT2D eigenvalue weighted by Crippen LogP contribution is 2.43. The van der Waals surface area contributed by atoms with E-state index in [9.17, 15) is 14.4 Å². The van der Waals surface area contributed by atoms with Gasteiger partial charge in [-0.15, -0.1) is 0 Å². The first-order valence-corrected chi connectivity index (χ1v) is 19.9. The summed E-state index contributed by atoms with van der Waals surface area (Å²) in [5, 5.41) is 4.39. The number of urea groups is 1. The molecular weight excluding hydrogens is 759 g/mol. The first-order chi connectivity index (χ1) is 27.0. The van der Waals surface area contributed by atoms with E-state index >= 15 is 0 Å². The van der Waals surface area contributed by atoms with E-state index in [4.69, 9.17) is 42.1 Å². The number of halogens is 2. The molecule has 1 N–H and O–H groups in total. The van der Waals surface area contributed by atoms with E-state index in [2.05, 4.69) is 15.2 Å². The van der Waals surface area contributed by atoms with Gasteiger partial charge in [-0.3, -0.25) is 19.5 Å². The van der Waals surface area contributed by atoms with E-state index in [1.807, 2.05) is 51.2 Å². The van der Waals surface area contributed by atoms with Crippen molar-refractivity contribution in [1.82, 2.24) is 29.9 Å². The summed E-state index contributed by atoms with van der Waals surface area (Å²) >= 11 is 13.0. The standard InChI is InChI=1S/C41H52Cl2N6O7/c1-5-56-36(50)27-47-19-21-48(22-20-47)39(52)45-41(31-7-6-14-44-26-31)12-16-46(17-13-41)15-10-40(30-8-9-32(42)33(43)25-30)11-18-49(28-40)38(51)29-23-34(53-2)37(55-4)35(24-29)54-3/h6-9,14,23-26H,5,10-13,15-22,27-28H2,1-4H3,(H,45,52)/t40-/m1/s1. The average Bonchev–Trinajstić information content (AvgIpc) is 3.67. The van der Waals surface area contributed by atoms with Crippen molar-refractivity contribution in [3.63, 3.8) is 0 Å². The van der Waals surface area contributed by atoms with Gasteiger partial charge in [-0.1, -0.05) is 35.3 Å². The van der Waals surface area contributed by atoms with Crippen LogP contribution in [0.2, 0.25) is 10.0 Å². The third-order valence-electron chi connectivity index (χ3n) is 11.6. The highest BCUT2D eigenvalue weighted by Gasteiger charge is 2.44. The SMILES string of the molecule is CCOC(=O)CN1CCN(C(=O)NC2(c3cccnc3)CCN(CC[C@@]3(c4ccc(Cl)c(Cl)c4)CCN(C(=O)c4cc(OC)c(OC)c(OC)c4)C3)CC2)CC1. The minimum Gasteiger partial charge on any atom is -0.493 e. The average molecular weight is 812 g/mol. The number of rotatable bonds is 13. The van der Waals surface area contributed by atoms with Gasteiger partial charge in [-0.25, -0.2) is 4.79 Å². The molecule has 0 saturated carbocycles. The van der Waals surface area contributed by atoms with Crippen LogP contribution < -0.4 is 19.5 Å². The summed E-state index contributed by atoms with van der Waals surface area (Å²) < 4.78 is 21.7. The van der Waals surface area contributed by atoms with E-state index in [0.29, 0.717) is 91.6 Å². The van der Waals surface area contributed by atoms with Crippen LogP contribution >= 0.6 is 23.2 Å². The number of likely N-dealkylation sites (tertiary alicyclic amines) is 2. The van der Waals surface area contributed by atoms with Gasteiger partial charge in [0.2, 0.25) is 5.75 Å². The lowest BCUT2D eigenvalue weighted by molar-refractivity contribution is -0.144. The third kappa shape index (κ3) is 9.12. The Bertz CT molecular complexity index is 1830. The second-order valence-electron chi connectivity index (χ2n) is 14.7. The van der Waals surface area contributed by atoms with Crippen LogP contribution in [0.25, 0.3) is 0 Å². The second-order valence-corrected chi connectivity index (χ2v) is 15.5. The van der Waals surface area contributed by atoms with Gasteiger partial charge in [-0.05, 0) is 80.6 Å². The number of methoxy groups -OCH3 is 3. The van der Waals surface area contributed by atoms with Gasteiger partial charge in [0, 0.05) is 75.7 Å². The zero-order valence-corrected chi connectivity index (χ0v) is 34.2. The Kier molecular flexibility index (Phi) is 13.5. The van der Waals surface area contributed by atoms with E-state index in [0.717, 1.165) is 43.6 Å². The van der Waals surface area contributed by atoms with Crippen molar-refractivity contribution in [2.24, 2.45) is 0 Å². The van der Waals surface area contributed by atoms with Crippen LogP contribution in [0.4, 0.5) is 4.79 Å². The number of carbonyl (C=O) groups excluding carboxylic acids is 3. The molecule has 3 aliphatic rings. The lowest BCUT2D eigenvalue weighted by Gasteiger charge is -2.45. The normalized spacial score (nSPS) is 20.0. The Morgan fingerprint density at radius 3 is 2.12 bits per heavy atom. The Hall–Kier alpha value is -4.30. The number of aromatic nitrogens is 1. The third-order valence-corrected chi connectivity index (χ3v) is 12.3. The minimum absolute atomic E-state index is 0.112. The maximum atomic E-state index is 14.1. The lowest BCUT2D eigenvalue weighted by atomic mass is 9.76. The van der Waals surface area contributed by atoms with Crippen LogP contribution in [0.3, 0.4) is 0 Å². The molecule has 3 saturated heterocycles. The molecule has 0 bridgehead atoms. The van der Waals surface area contributed by atoms with E-state index < -0.39 is 5.54 Å². The topological polar surface area (TPSA) is 126 Å². The second kappa shape index (κ2) is 18.3. The highest BCUT2D eigenvalue weighted by molar-refractivity contribution is 6.42. The molecule has 6 rings (SSSR count). The number of benzene rings is 2. The monoisotopic (exact) mass is 810 g/mol. The zero-order chi connectivity index (χ0) is 39.9. The van der Waals surface area contributed by atoms with E-state index in [1.165, 1.54) is 21.3 Å². The van der Waals surface area contributed by atoms with Crippen molar-refractivity contribution in [1.29, 1.82) is 0 Å². The predicted molar refractivity (Wildman–Crippen MR) is 214 cm³/mol. The van der Waals surface area contributed by atoms with Crippen molar-refractivity contribution >= 4 is 41.1 Å². The van der Waals surface area contributed by atoms with E-state index in [-0.39, 0.29) is 29.9 Å². The molecule has 0 unspecified atom stereocenters. The number of piperidine rings is 1. The molecule has 2 aromatic carbocycles. The zero-order valence-electron chi connectivity index (χ0n) is 32.7. The van der Waals surface area contributed by atoms with E-state index in [1.54, 1.807) is 25.3 Å². The lowest BCUT2D eigenvalue weighted by Crippen LogP contribution is -2.59. The van der Waals surface area contributed by atoms with Crippen LogP contribution in [0.5, 0.6) is 17.2 Å². The van der Waals surface area contributed by atoms with Crippen molar-refractivity contribution in [2.75, 3.05) is 93.4 Å². The number of esters is 1. The number of pyridine rings is 1. The molecule has 3 aliphatic heterocycles. The predicted octanol–water partition coefficient (Wildman–Crippen LogP) is 5.47. The van der Waals surface area contributed by atoms with Crippen LogP contribution in [0.1, 0.15) is 54.1 Å². The molecule has 56 heavy (non-hydrogen) atoms. The fraction of sp³-hybridized carbons (Fsp3) is 0.512. The fourth-order valence-electron chi connectivity index (χ4n) is 8.29.